The predicted molar refractivity (Wildman–Crippen MR) is 57.9 cm³/mol. The minimum atomic E-state index is -0.960. The number of allylic oxidation sites excluding steroid dienone is 1. The van der Waals surface area contributed by atoms with Crippen LogP contribution < -0.4 is 0 Å². The lowest BCUT2D eigenvalue weighted by Gasteiger charge is -2.06. The molecule has 0 amide bonds. The van der Waals surface area contributed by atoms with E-state index in [0.29, 0.717) is 11.8 Å². The molecule has 1 N–H and O–H groups in total. The average Bonchev–Trinajstić information content (AvgIpc) is 2.34. The molecule has 4 heteroatoms. The first-order valence-corrected chi connectivity index (χ1v) is 4.76. The molecule has 0 aliphatic rings. The van der Waals surface area contributed by atoms with Gasteiger partial charge in [0.25, 0.3) is 0 Å². The van der Waals surface area contributed by atoms with Crippen molar-refractivity contribution in [1.82, 2.24) is 0 Å². The summed E-state index contributed by atoms with van der Waals surface area (Å²) >= 11 is 0. The Balaban J connectivity index is 2.41. The van der Waals surface area contributed by atoms with Gasteiger partial charge in [-0.05, 0) is 24.3 Å². The van der Waals surface area contributed by atoms with E-state index in [0.717, 1.165) is 6.08 Å². The monoisotopic (exact) mass is 220 g/mol. The maximum absolute atomic E-state index is 11.4. The van der Waals surface area contributed by atoms with E-state index in [-0.39, 0.29) is 6.61 Å². The number of benzene rings is 1. The molecule has 0 spiro atoms. The first-order valence-electron chi connectivity index (χ1n) is 4.76. The zero-order chi connectivity index (χ0) is 11.8. The Morgan fingerprint density at radius 1 is 1.38 bits per heavy atom. The molecule has 0 fully saturated rings. The Morgan fingerprint density at radius 2 is 2.06 bits per heavy atom. The highest BCUT2D eigenvalue weighted by Crippen LogP contribution is 2.01. The highest BCUT2D eigenvalue weighted by molar-refractivity contribution is 5.89. The standard InChI is InChI=1S/C12H12O4/c13-8-4-7-11(14)9-16-12(15)10-5-2-1-3-6-10/h1-8,11,14H,9H2/b7-4+/t11-/m1/s1. The third-order valence-corrected chi connectivity index (χ3v) is 1.81. The van der Waals surface area contributed by atoms with Crippen LogP contribution in [0.4, 0.5) is 0 Å². The molecule has 1 atom stereocenters. The molecule has 4 nitrogen and oxygen atoms in total. The highest BCUT2D eigenvalue weighted by Gasteiger charge is 2.07. The van der Waals surface area contributed by atoms with E-state index in [1.165, 1.54) is 6.08 Å². The molecular weight excluding hydrogens is 208 g/mol. The summed E-state index contributed by atoms with van der Waals surface area (Å²) in [7, 11) is 0. The largest absolute Gasteiger partial charge is 0.459 e. The Hall–Kier alpha value is -1.94. The van der Waals surface area contributed by atoms with Crippen LogP contribution in [0.3, 0.4) is 0 Å². The van der Waals surface area contributed by atoms with Crippen molar-refractivity contribution in [3.63, 3.8) is 0 Å². The van der Waals surface area contributed by atoms with Gasteiger partial charge in [0, 0.05) is 0 Å². The summed E-state index contributed by atoms with van der Waals surface area (Å²) in [4.78, 5) is 21.4. The van der Waals surface area contributed by atoms with Crippen LogP contribution in [0.2, 0.25) is 0 Å². The zero-order valence-electron chi connectivity index (χ0n) is 8.58. The maximum Gasteiger partial charge on any atom is 0.338 e. The number of hydrogen-bond acceptors (Lipinski definition) is 4. The van der Waals surface area contributed by atoms with E-state index in [4.69, 9.17) is 4.74 Å². The van der Waals surface area contributed by atoms with Gasteiger partial charge < -0.3 is 9.84 Å². The molecule has 1 rings (SSSR count). The molecular formula is C12H12O4. The van der Waals surface area contributed by atoms with Gasteiger partial charge in [-0.2, -0.15) is 0 Å². The summed E-state index contributed by atoms with van der Waals surface area (Å²) in [6.45, 7) is -0.169. The number of aliphatic hydroxyl groups excluding tert-OH is 1. The number of carbonyl (C=O) groups is 2. The van der Waals surface area contributed by atoms with Gasteiger partial charge in [0.2, 0.25) is 0 Å². The molecule has 0 unspecified atom stereocenters. The Bertz CT molecular complexity index is 370. The summed E-state index contributed by atoms with van der Waals surface area (Å²) in [5.74, 6) is -0.501. The Labute approximate surface area is 93.2 Å². The van der Waals surface area contributed by atoms with Crippen LogP contribution in [-0.4, -0.2) is 30.1 Å². The number of aliphatic hydroxyl groups is 1. The first kappa shape index (κ1) is 12.1. The molecule has 0 aliphatic heterocycles. The van der Waals surface area contributed by atoms with Crippen molar-refractivity contribution in [3.05, 3.63) is 48.0 Å². The fourth-order valence-electron chi connectivity index (χ4n) is 1.05. The molecule has 0 heterocycles. The zero-order valence-corrected chi connectivity index (χ0v) is 8.58. The second-order valence-corrected chi connectivity index (χ2v) is 3.05. The summed E-state index contributed by atoms with van der Waals surface area (Å²) in [6.07, 6.45) is 1.99. The van der Waals surface area contributed by atoms with Crippen molar-refractivity contribution in [1.29, 1.82) is 0 Å². The summed E-state index contributed by atoms with van der Waals surface area (Å²) in [5, 5.41) is 9.25. The number of aldehydes is 1. The summed E-state index contributed by atoms with van der Waals surface area (Å²) in [5.41, 5.74) is 0.425. The third kappa shape index (κ3) is 4.06. The van der Waals surface area contributed by atoms with E-state index in [2.05, 4.69) is 0 Å². The van der Waals surface area contributed by atoms with Crippen LogP contribution in [0.25, 0.3) is 0 Å². The third-order valence-electron chi connectivity index (χ3n) is 1.81. The van der Waals surface area contributed by atoms with Crippen molar-refractivity contribution < 1.29 is 19.4 Å². The maximum atomic E-state index is 11.4. The van der Waals surface area contributed by atoms with Crippen LogP contribution in [0, 0.1) is 0 Å². The lowest BCUT2D eigenvalue weighted by atomic mass is 10.2. The minimum Gasteiger partial charge on any atom is -0.459 e. The molecule has 0 radical (unpaired) electrons. The van der Waals surface area contributed by atoms with Gasteiger partial charge in [-0.25, -0.2) is 4.79 Å². The molecule has 16 heavy (non-hydrogen) atoms. The number of hydrogen-bond donors (Lipinski definition) is 1. The van der Waals surface area contributed by atoms with Crippen LogP contribution in [-0.2, 0) is 9.53 Å². The Kier molecular flexibility index (Phi) is 4.95. The fraction of sp³-hybridized carbons (Fsp3) is 0.167. The number of rotatable bonds is 5. The van der Waals surface area contributed by atoms with E-state index in [1.54, 1.807) is 30.3 Å². The van der Waals surface area contributed by atoms with Gasteiger partial charge in [0.1, 0.15) is 19.0 Å². The molecule has 1 aromatic carbocycles. The van der Waals surface area contributed by atoms with Crippen LogP contribution in [0.5, 0.6) is 0 Å². The average molecular weight is 220 g/mol. The second kappa shape index (κ2) is 6.53. The topological polar surface area (TPSA) is 63.6 Å². The van der Waals surface area contributed by atoms with Gasteiger partial charge in [-0.15, -0.1) is 0 Å². The van der Waals surface area contributed by atoms with Crippen molar-refractivity contribution in [2.75, 3.05) is 6.61 Å². The van der Waals surface area contributed by atoms with E-state index >= 15 is 0 Å². The lowest BCUT2D eigenvalue weighted by Crippen LogP contribution is -2.16. The van der Waals surface area contributed by atoms with Crippen molar-refractivity contribution in [2.24, 2.45) is 0 Å². The normalized spacial score (nSPS) is 12.3. The van der Waals surface area contributed by atoms with Crippen molar-refractivity contribution >= 4 is 12.3 Å². The molecule has 84 valence electrons. The van der Waals surface area contributed by atoms with Crippen molar-refractivity contribution in [2.45, 2.75) is 6.10 Å². The number of esters is 1. The molecule has 0 bridgehead atoms. The van der Waals surface area contributed by atoms with E-state index in [1.807, 2.05) is 0 Å². The Morgan fingerprint density at radius 3 is 2.69 bits per heavy atom. The SMILES string of the molecule is O=C/C=C/[C@@H](O)COC(=O)c1ccccc1. The quantitative estimate of drug-likeness (QED) is 0.456. The number of carbonyl (C=O) groups excluding carboxylic acids is 2. The van der Waals surface area contributed by atoms with Gasteiger partial charge in [0.15, 0.2) is 0 Å². The summed E-state index contributed by atoms with van der Waals surface area (Å²) < 4.78 is 4.83. The first-order chi connectivity index (χ1) is 7.74. The van der Waals surface area contributed by atoms with E-state index in [9.17, 15) is 14.7 Å². The highest BCUT2D eigenvalue weighted by atomic mass is 16.5. The molecule has 0 aliphatic carbocycles. The van der Waals surface area contributed by atoms with Crippen LogP contribution in [0.1, 0.15) is 10.4 Å². The molecule has 0 saturated carbocycles. The smallest absolute Gasteiger partial charge is 0.338 e. The summed E-state index contributed by atoms with van der Waals surface area (Å²) in [6, 6.07) is 8.48. The molecule has 0 aromatic heterocycles. The molecule has 1 aromatic rings. The van der Waals surface area contributed by atoms with Crippen LogP contribution in [0.15, 0.2) is 42.5 Å². The van der Waals surface area contributed by atoms with Gasteiger partial charge in [-0.1, -0.05) is 18.2 Å². The predicted octanol–water partition coefficient (Wildman–Crippen LogP) is 0.959. The van der Waals surface area contributed by atoms with Crippen molar-refractivity contribution in [3.8, 4) is 0 Å². The second-order valence-electron chi connectivity index (χ2n) is 3.05. The van der Waals surface area contributed by atoms with Gasteiger partial charge >= 0.3 is 5.97 Å². The van der Waals surface area contributed by atoms with Gasteiger partial charge in [-0.3, -0.25) is 4.79 Å². The van der Waals surface area contributed by atoms with Crippen LogP contribution >= 0.6 is 0 Å². The van der Waals surface area contributed by atoms with Gasteiger partial charge in [0.05, 0.1) is 5.56 Å². The number of ether oxygens (including phenoxy) is 1. The fourth-order valence-corrected chi connectivity index (χ4v) is 1.05. The molecule has 0 saturated heterocycles. The minimum absolute atomic E-state index is 0.169. The van der Waals surface area contributed by atoms with E-state index < -0.39 is 12.1 Å². The lowest BCUT2D eigenvalue weighted by molar-refractivity contribution is -0.104.